The summed E-state index contributed by atoms with van der Waals surface area (Å²) in [6, 6.07) is 7.15. The average molecular weight is 207 g/mol. The molecular weight excluding hydrogens is 197 g/mol. The van der Waals surface area contributed by atoms with Crippen molar-refractivity contribution in [3.05, 3.63) is 41.1 Å². The van der Waals surface area contributed by atoms with E-state index in [1.807, 2.05) is 26.0 Å². The van der Waals surface area contributed by atoms with Gasteiger partial charge in [0.25, 0.3) is 0 Å². The number of hydrogen-bond acceptors (Lipinski definition) is 3. The molecule has 0 saturated heterocycles. The van der Waals surface area contributed by atoms with Crippen molar-refractivity contribution in [2.75, 3.05) is 0 Å². The van der Waals surface area contributed by atoms with E-state index in [0.717, 1.165) is 16.5 Å². The van der Waals surface area contributed by atoms with Crippen molar-refractivity contribution in [1.29, 1.82) is 0 Å². The Kier molecular flexibility index (Phi) is 3.74. The Morgan fingerprint density at radius 2 is 1.94 bits per heavy atom. The summed E-state index contributed by atoms with van der Waals surface area (Å²) in [4.78, 5) is 14.7. The SMILES string of the molecule is Cc1cc(C)c2ccc(C(=O)[O-])nc2c1.[Li+]. The molecule has 0 saturated carbocycles. The molecule has 2 aromatic rings. The molecule has 0 N–H and O–H groups in total. The second-order valence-electron chi connectivity index (χ2n) is 3.63. The van der Waals surface area contributed by atoms with Crippen LogP contribution >= 0.6 is 0 Å². The normalized spacial score (nSPS) is 9.88. The Hall–Kier alpha value is -1.30. The van der Waals surface area contributed by atoms with Crippen molar-refractivity contribution in [2.24, 2.45) is 0 Å². The topological polar surface area (TPSA) is 53.0 Å². The van der Waals surface area contributed by atoms with Crippen LogP contribution in [0.15, 0.2) is 24.3 Å². The van der Waals surface area contributed by atoms with E-state index in [-0.39, 0.29) is 24.6 Å². The molecule has 0 aliphatic rings. The van der Waals surface area contributed by atoms with Gasteiger partial charge in [-0.1, -0.05) is 12.1 Å². The first-order valence-corrected chi connectivity index (χ1v) is 4.67. The summed E-state index contributed by atoms with van der Waals surface area (Å²) in [5, 5.41) is 11.6. The molecule has 0 spiro atoms. The van der Waals surface area contributed by atoms with Crippen LogP contribution in [0.1, 0.15) is 21.6 Å². The average Bonchev–Trinajstić information content (AvgIpc) is 2.16. The number of nitrogens with zero attached hydrogens (tertiary/aromatic N) is 1. The van der Waals surface area contributed by atoms with E-state index in [9.17, 15) is 9.90 Å². The van der Waals surface area contributed by atoms with Gasteiger partial charge in [-0.25, -0.2) is 4.98 Å². The number of carboxylic acid groups (broad SMARTS) is 1. The molecule has 2 rings (SSSR count). The van der Waals surface area contributed by atoms with Crippen molar-refractivity contribution >= 4 is 16.9 Å². The maximum absolute atomic E-state index is 10.6. The number of pyridine rings is 1. The number of carbonyl (C=O) groups excluding carboxylic acids is 1. The predicted octanol–water partition coefficient (Wildman–Crippen LogP) is -1.78. The molecule has 0 bridgehead atoms. The van der Waals surface area contributed by atoms with Crippen molar-refractivity contribution < 1.29 is 28.8 Å². The molecule has 3 nitrogen and oxygen atoms in total. The molecule has 0 aliphatic carbocycles. The maximum atomic E-state index is 10.6. The zero-order valence-electron chi connectivity index (χ0n) is 9.57. The first-order valence-electron chi connectivity index (χ1n) is 4.67. The first kappa shape index (κ1) is 12.8. The number of hydrogen-bond donors (Lipinski definition) is 0. The van der Waals surface area contributed by atoms with E-state index in [0.29, 0.717) is 5.52 Å². The molecule has 76 valence electrons. The van der Waals surface area contributed by atoms with Crippen LogP contribution in [0.4, 0.5) is 0 Å². The van der Waals surface area contributed by atoms with Gasteiger partial charge in [0, 0.05) is 5.39 Å². The Morgan fingerprint density at radius 3 is 2.56 bits per heavy atom. The van der Waals surface area contributed by atoms with Gasteiger partial charge in [-0.2, -0.15) is 0 Å². The number of carbonyl (C=O) groups is 1. The monoisotopic (exact) mass is 207 g/mol. The third kappa shape index (κ3) is 2.26. The van der Waals surface area contributed by atoms with Crippen LogP contribution in [0, 0.1) is 13.8 Å². The predicted molar refractivity (Wildman–Crippen MR) is 55.5 cm³/mol. The van der Waals surface area contributed by atoms with Crippen molar-refractivity contribution in [1.82, 2.24) is 4.98 Å². The zero-order valence-corrected chi connectivity index (χ0v) is 9.57. The van der Waals surface area contributed by atoms with E-state index >= 15 is 0 Å². The van der Waals surface area contributed by atoms with Crippen LogP contribution in [0.2, 0.25) is 0 Å². The smallest absolute Gasteiger partial charge is 0.543 e. The van der Waals surface area contributed by atoms with Gasteiger partial charge < -0.3 is 9.90 Å². The molecule has 1 aromatic heterocycles. The second kappa shape index (κ2) is 4.69. The fraction of sp³-hybridized carbons (Fsp3) is 0.167. The van der Waals surface area contributed by atoms with Gasteiger partial charge in [0.15, 0.2) is 0 Å². The Labute approximate surface area is 106 Å². The van der Waals surface area contributed by atoms with E-state index < -0.39 is 5.97 Å². The van der Waals surface area contributed by atoms with Crippen molar-refractivity contribution in [3.63, 3.8) is 0 Å². The number of fused-ring (bicyclic) bond motifs is 1. The molecule has 0 aliphatic heterocycles. The van der Waals surface area contributed by atoms with E-state index in [1.165, 1.54) is 6.07 Å². The Bertz CT molecular complexity index is 552. The van der Waals surface area contributed by atoms with Crippen LogP contribution in [-0.4, -0.2) is 11.0 Å². The third-order valence-corrected chi connectivity index (χ3v) is 2.37. The number of rotatable bonds is 1. The minimum atomic E-state index is -1.24. The van der Waals surface area contributed by atoms with E-state index in [2.05, 4.69) is 4.98 Å². The number of benzene rings is 1. The quantitative estimate of drug-likeness (QED) is 0.519. The summed E-state index contributed by atoms with van der Waals surface area (Å²) in [6.07, 6.45) is 0. The molecule has 16 heavy (non-hydrogen) atoms. The number of aromatic nitrogens is 1. The van der Waals surface area contributed by atoms with Crippen LogP contribution in [0.3, 0.4) is 0 Å². The molecule has 1 heterocycles. The second-order valence-corrected chi connectivity index (χ2v) is 3.63. The molecule has 0 unspecified atom stereocenters. The van der Waals surface area contributed by atoms with Crippen LogP contribution in [0.5, 0.6) is 0 Å². The fourth-order valence-electron chi connectivity index (χ4n) is 1.71. The van der Waals surface area contributed by atoms with Gasteiger partial charge in [0.1, 0.15) is 0 Å². The first-order chi connectivity index (χ1) is 7.08. The molecule has 0 radical (unpaired) electrons. The summed E-state index contributed by atoms with van der Waals surface area (Å²) in [5.41, 5.74) is 2.85. The zero-order chi connectivity index (χ0) is 11.0. The molecule has 0 atom stereocenters. The summed E-state index contributed by atoms with van der Waals surface area (Å²) in [5.74, 6) is -1.24. The third-order valence-electron chi connectivity index (χ3n) is 2.37. The van der Waals surface area contributed by atoms with Crippen LogP contribution in [-0.2, 0) is 0 Å². The van der Waals surface area contributed by atoms with E-state index in [1.54, 1.807) is 6.07 Å². The molecular formula is C12H10LiNO2. The van der Waals surface area contributed by atoms with Gasteiger partial charge >= 0.3 is 18.9 Å². The molecule has 0 amide bonds. The Balaban J connectivity index is 0.00000128. The molecule has 4 heteroatoms. The van der Waals surface area contributed by atoms with Gasteiger partial charge in [0.2, 0.25) is 0 Å². The van der Waals surface area contributed by atoms with Crippen molar-refractivity contribution in [2.45, 2.75) is 13.8 Å². The Morgan fingerprint density at radius 1 is 1.25 bits per heavy atom. The minimum absolute atomic E-state index is 0. The summed E-state index contributed by atoms with van der Waals surface area (Å²) in [6.45, 7) is 3.94. The maximum Gasteiger partial charge on any atom is 1.00 e. The summed E-state index contributed by atoms with van der Waals surface area (Å²) < 4.78 is 0. The van der Waals surface area contributed by atoms with Crippen LogP contribution < -0.4 is 24.0 Å². The fourth-order valence-corrected chi connectivity index (χ4v) is 1.71. The summed E-state index contributed by atoms with van der Waals surface area (Å²) in [7, 11) is 0. The molecule has 1 aromatic carbocycles. The molecule has 0 fully saturated rings. The minimum Gasteiger partial charge on any atom is -0.543 e. The van der Waals surface area contributed by atoms with Gasteiger partial charge in [-0.15, -0.1) is 0 Å². The largest absolute Gasteiger partial charge is 1.00 e. The number of carboxylic acids is 1. The standard InChI is InChI=1S/C12H11NO2.Li/c1-7-5-8(2)9-3-4-10(12(14)15)13-11(9)6-7;/h3-6H,1-2H3,(H,14,15);/q;+1/p-1. The van der Waals surface area contributed by atoms with Crippen LogP contribution in [0.25, 0.3) is 10.9 Å². The van der Waals surface area contributed by atoms with E-state index in [4.69, 9.17) is 0 Å². The van der Waals surface area contributed by atoms with Crippen molar-refractivity contribution in [3.8, 4) is 0 Å². The number of aromatic carboxylic acids is 1. The summed E-state index contributed by atoms with van der Waals surface area (Å²) >= 11 is 0. The van der Waals surface area contributed by atoms with Gasteiger partial charge in [0.05, 0.1) is 17.2 Å². The van der Waals surface area contributed by atoms with Gasteiger partial charge in [-0.05, 0) is 37.1 Å². The van der Waals surface area contributed by atoms with Gasteiger partial charge in [-0.3, -0.25) is 0 Å². The number of aryl methyl sites for hydroxylation is 2.